The van der Waals surface area contributed by atoms with Crippen molar-refractivity contribution in [2.24, 2.45) is 0 Å². The predicted molar refractivity (Wildman–Crippen MR) is 80.2 cm³/mol. The van der Waals surface area contributed by atoms with E-state index in [9.17, 15) is 0 Å². The highest BCUT2D eigenvalue weighted by Crippen LogP contribution is 2.34. The molecule has 0 amide bonds. The molecule has 4 heteroatoms. The van der Waals surface area contributed by atoms with Gasteiger partial charge >= 0.3 is 0 Å². The van der Waals surface area contributed by atoms with Gasteiger partial charge in [-0.05, 0) is 25.6 Å². The number of hydrogen-bond donors (Lipinski definition) is 1. The first-order valence-corrected chi connectivity index (χ1v) is 6.76. The Morgan fingerprint density at radius 3 is 2.63 bits per heavy atom. The fraction of sp³-hybridized carbons (Fsp3) is 0.600. The molecule has 1 atom stereocenters. The average Bonchev–Trinajstić information content (AvgIpc) is 2.43. The van der Waals surface area contributed by atoms with Gasteiger partial charge in [0.1, 0.15) is 5.75 Å². The van der Waals surface area contributed by atoms with Crippen LogP contribution in [0, 0.1) is 0 Å². The van der Waals surface area contributed by atoms with Crippen LogP contribution in [0.15, 0.2) is 18.2 Å². The third-order valence-corrected chi connectivity index (χ3v) is 3.25. The van der Waals surface area contributed by atoms with Crippen LogP contribution in [0.2, 0.25) is 0 Å². The lowest BCUT2D eigenvalue weighted by Crippen LogP contribution is -2.26. The van der Waals surface area contributed by atoms with E-state index in [4.69, 9.17) is 9.47 Å². The molecule has 0 aliphatic heterocycles. The van der Waals surface area contributed by atoms with Crippen LogP contribution in [0.25, 0.3) is 0 Å². The molecular weight excluding hydrogens is 240 g/mol. The molecule has 0 spiro atoms. The molecule has 1 unspecified atom stereocenters. The van der Waals surface area contributed by atoms with Gasteiger partial charge in [-0.25, -0.2) is 0 Å². The second kappa shape index (κ2) is 8.02. The van der Waals surface area contributed by atoms with Gasteiger partial charge in [0.05, 0.1) is 13.7 Å². The van der Waals surface area contributed by atoms with Crippen LogP contribution in [0.1, 0.15) is 25.5 Å². The largest absolute Gasteiger partial charge is 0.496 e. The van der Waals surface area contributed by atoms with E-state index < -0.39 is 0 Å². The number of rotatable bonds is 8. The number of anilines is 1. The number of hydrogen-bond acceptors (Lipinski definition) is 4. The topological polar surface area (TPSA) is 33.7 Å². The normalized spacial score (nSPS) is 12.3. The summed E-state index contributed by atoms with van der Waals surface area (Å²) in [6.07, 6.45) is 0. The van der Waals surface area contributed by atoms with Crippen LogP contribution in [0.4, 0.5) is 5.69 Å². The maximum absolute atomic E-state index is 5.51. The van der Waals surface area contributed by atoms with Gasteiger partial charge in [-0.15, -0.1) is 0 Å². The molecule has 0 fully saturated rings. The summed E-state index contributed by atoms with van der Waals surface area (Å²) in [6, 6.07) is 6.42. The van der Waals surface area contributed by atoms with Crippen molar-refractivity contribution in [3.05, 3.63) is 23.8 Å². The van der Waals surface area contributed by atoms with Gasteiger partial charge in [-0.3, -0.25) is 0 Å². The van der Waals surface area contributed by atoms with Crippen molar-refractivity contribution in [3.8, 4) is 5.75 Å². The Morgan fingerprint density at radius 1 is 1.32 bits per heavy atom. The van der Waals surface area contributed by atoms with Crippen LogP contribution in [0.5, 0.6) is 5.75 Å². The molecule has 0 saturated heterocycles. The Bertz CT molecular complexity index is 382. The van der Waals surface area contributed by atoms with E-state index in [1.807, 2.05) is 12.1 Å². The zero-order chi connectivity index (χ0) is 14.3. The SMILES string of the molecule is CCNC(C)c1c(OC)cccc1N(C)CCOC. The Morgan fingerprint density at radius 2 is 2.05 bits per heavy atom. The van der Waals surface area contributed by atoms with Gasteiger partial charge in [0.2, 0.25) is 0 Å². The number of ether oxygens (including phenoxy) is 2. The van der Waals surface area contributed by atoms with E-state index in [2.05, 4.69) is 37.2 Å². The molecule has 0 saturated carbocycles. The van der Waals surface area contributed by atoms with Gasteiger partial charge < -0.3 is 19.7 Å². The standard InChI is InChI=1S/C15H26N2O2/c1-6-16-12(2)15-13(17(3)10-11-18-4)8-7-9-14(15)19-5/h7-9,12,16H,6,10-11H2,1-5H3. The average molecular weight is 266 g/mol. The third-order valence-electron chi connectivity index (χ3n) is 3.25. The van der Waals surface area contributed by atoms with Crippen molar-refractivity contribution in [1.82, 2.24) is 5.32 Å². The summed E-state index contributed by atoms with van der Waals surface area (Å²) in [5, 5.41) is 3.45. The van der Waals surface area contributed by atoms with Crippen LogP contribution in [-0.4, -0.2) is 41.0 Å². The second-order valence-electron chi connectivity index (χ2n) is 4.59. The summed E-state index contributed by atoms with van der Waals surface area (Å²) in [7, 11) is 5.52. The van der Waals surface area contributed by atoms with Gasteiger partial charge in [-0.2, -0.15) is 0 Å². The first-order valence-electron chi connectivity index (χ1n) is 6.76. The van der Waals surface area contributed by atoms with Crippen LogP contribution in [-0.2, 0) is 4.74 Å². The molecule has 4 nitrogen and oxygen atoms in total. The first-order chi connectivity index (χ1) is 9.15. The molecule has 0 aliphatic rings. The lowest BCUT2D eigenvalue weighted by molar-refractivity contribution is 0.206. The lowest BCUT2D eigenvalue weighted by Gasteiger charge is -2.26. The second-order valence-corrected chi connectivity index (χ2v) is 4.59. The molecule has 1 N–H and O–H groups in total. The van der Waals surface area contributed by atoms with Crippen molar-refractivity contribution in [3.63, 3.8) is 0 Å². The Labute approximate surface area is 116 Å². The Kier molecular flexibility index (Phi) is 6.67. The minimum absolute atomic E-state index is 0.251. The minimum atomic E-state index is 0.251. The molecular formula is C15H26N2O2. The molecule has 19 heavy (non-hydrogen) atoms. The van der Waals surface area contributed by atoms with Gasteiger partial charge in [0, 0.05) is 38.0 Å². The zero-order valence-corrected chi connectivity index (χ0v) is 12.7. The fourth-order valence-corrected chi connectivity index (χ4v) is 2.24. The van der Waals surface area contributed by atoms with E-state index in [1.165, 1.54) is 11.3 Å². The van der Waals surface area contributed by atoms with Crippen molar-refractivity contribution >= 4 is 5.69 Å². The summed E-state index contributed by atoms with van der Waals surface area (Å²) < 4.78 is 10.7. The molecule has 0 bridgehead atoms. The van der Waals surface area contributed by atoms with Gasteiger partial charge in [-0.1, -0.05) is 13.0 Å². The van der Waals surface area contributed by atoms with Crippen LogP contribution >= 0.6 is 0 Å². The number of nitrogens with zero attached hydrogens (tertiary/aromatic N) is 1. The summed E-state index contributed by atoms with van der Waals surface area (Å²) >= 11 is 0. The van der Waals surface area contributed by atoms with E-state index in [0.717, 1.165) is 18.8 Å². The summed E-state index contributed by atoms with van der Waals surface area (Å²) in [4.78, 5) is 2.20. The maximum atomic E-state index is 5.51. The molecule has 1 rings (SSSR count). The Balaban J connectivity index is 3.07. The van der Waals surface area contributed by atoms with Gasteiger partial charge in [0.25, 0.3) is 0 Å². The van der Waals surface area contributed by atoms with E-state index in [0.29, 0.717) is 6.61 Å². The lowest BCUT2D eigenvalue weighted by atomic mass is 10.0. The summed E-state index contributed by atoms with van der Waals surface area (Å²) in [6.45, 7) is 6.77. The van der Waals surface area contributed by atoms with Crippen molar-refractivity contribution in [2.45, 2.75) is 19.9 Å². The van der Waals surface area contributed by atoms with Crippen molar-refractivity contribution in [1.29, 1.82) is 0 Å². The number of methoxy groups -OCH3 is 2. The third kappa shape index (κ3) is 4.11. The first kappa shape index (κ1) is 15.8. The number of likely N-dealkylation sites (N-methyl/N-ethyl adjacent to an activating group) is 1. The highest BCUT2D eigenvalue weighted by molar-refractivity contribution is 5.60. The van der Waals surface area contributed by atoms with Gasteiger partial charge in [0.15, 0.2) is 0 Å². The van der Waals surface area contributed by atoms with Crippen LogP contribution in [0.3, 0.4) is 0 Å². The van der Waals surface area contributed by atoms with E-state index >= 15 is 0 Å². The summed E-state index contributed by atoms with van der Waals surface area (Å²) in [5.74, 6) is 0.926. The quantitative estimate of drug-likeness (QED) is 0.783. The molecule has 1 aromatic carbocycles. The molecule has 0 aliphatic carbocycles. The number of benzene rings is 1. The molecule has 0 aromatic heterocycles. The van der Waals surface area contributed by atoms with E-state index in [1.54, 1.807) is 14.2 Å². The number of nitrogens with one attached hydrogen (secondary N) is 1. The monoisotopic (exact) mass is 266 g/mol. The van der Waals surface area contributed by atoms with Crippen LogP contribution < -0.4 is 15.0 Å². The van der Waals surface area contributed by atoms with Crippen molar-refractivity contribution in [2.75, 3.05) is 45.9 Å². The molecule has 0 heterocycles. The minimum Gasteiger partial charge on any atom is -0.496 e. The molecule has 0 radical (unpaired) electrons. The highest BCUT2D eigenvalue weighted by atomic mass is 16.5. The summed E-state index contributed by atoms with van der Waals surface area (Å²) in [5.41, 5.74) is 2.38. The molecule has 108 valence electrons. The maximum Gasteiger partial charge on any atom is 0.125 e. The Hall–Kier alpha value is -1.26. The smallest absolute Gasteiger partial charge is 0.125 e. The molecule has 1 aromatic rings. The van der Waals surface area contributed by atoms with E-state index in [-0.39, 0.29) is 6.04 Å². The zero-order valence-electron chi connectivity index (χ0n) is 12.7. The highest BCUT2D eigenvalue weighted by Gasteiger charge is 2.17. The van der Waals surface area contributed by atoms with Crippen molar-refractivity contribution < 1.29 is 9.47 Å². The predicted octanol–water partition coefficient (Wildman–Crippen LogP) is 2.45. The fourth-order valence-electron chi connectivity index (χ4n) is 2.24.